The van der Waals surface area contributed by atoms with Crippen LogP contribution in [0.4, 0.5) is 0 Å². The van der Waals surface area contributed by atoms with Gasteiger partial charge in [0.05, 0.1) is 20.7 Å². The number of esters is 1. The third-order valence-corrected chi connectivity index (χ3v) is 6.18. The first-order valence-electron chi connectivity index (χ1n) is 9.19. The lowest BCUT2D eigenvalue weighted by atomic mass is 10.1. The normalized spacial score (nSPS) is 11.7. The van der Waals surface area contributed by atoms with Gasteiger partial charge in [0.2, 0.25) is 0 Å². The van der Waals surface area contributed by atoms with E-state index in [0.717, 1.165) is 5.19 Å². The number of carbonyl (C=O) groups excluding carboxylic acids is 2. The molecule has 1 aromatic carbocycles. The van der Waals surface area contributed by atoms with E-state index < -0.39 is 8.07 Å². The summed E-state index contributed by atoms with van der Waals surface area (Å²) in [5, 5.41) is 0.912. The molecule has 0 bridgehead atoms. The minimum Gasteiger partial charge on any atom is -0.497 e. The fourth-order valence-electron chi connectivity index (χ4n) is 2.94. The quantitative estimate of drug-likeness (QED) is 0.411. The van der Waals surface area contributed by atoms with E-state index in [1.165, 1.54) is 0 Å². The van der Waals surface area contributed by atoms with Crippen molar-refractivity contribution in [2.24, 2.45) is 0 Å². The van der Waals surface area contributed by atoms with Crippen LogP contribution in [-0.4, -0.2) is 44.0 Å². The predicted octanol–water partition coefficient (Wildman–Crippen LogP) is 3.81. The van der Waals surface area contributed by atoms with Crippen LogP contribution < -0.4 is 14.7 Å². The fourth-order valence-corrected chi connectivity index (χ4v) is 4.38. The van der Waals surface area contributed by atoms with E-state index in [1.54, 1.807) is 25.0 Å². The van der Waals surface area contributed by atoms with Crippen molar-refractivity contribution in [1.29, 1.82) is 0 Å². The number of hydrogen-bond acceptors (Lipinski definition) is 4. The number of rotatable bonds is 7. The molecule has 0 heterocycles. The number of hydrogen-bond donors (Lipinski definition) is 0. The Balaban J connectivity index is 3.71. The summed E-state index contributed by atoms with van der Waals surface area (Å²) in [6, 6.07) is 3.63. The lowest BCUT2D eigenvalue weighted by molar-refractivity contribution is -0.133. The van der Waals surface area contributed by atoms with Crippen molar-refractivity contribution in [2.75, 3.05) is 7.11 Å². The fraction of sp³-hybridized carbons (Fsp3) is 0.600. The van der Waals surface area contributed by atoms with Crippen LogP contribution in [0, 0.1) is 0 Å². The first-order valence-corrected chi connectivity index (χ1v) is 12.7. The number of nitrogens with zero attached hydrogens (tertiary/aromatic N) is 1. The van der Waals surface area contributed by atoms with Gasteiger partial charge < -0.3 is 14.4 Å². The molecule has 0 aliphatic heterocycles. The van der Waals surface area contributed by atoms with Crippen molar-refractivity contribution in [1.82, 2.24) is 4.90 Å². The van der Waals surface area contributed by atoms with Gasteiger partial charge in [-0.25, -0.2) is 0 Å². The summed E-state index contributed by atoms with van der Waals surface area (Å²) in [5.74, 6) is 0.513. The molecule has 5 nitrogen and oxygen atoms in total. The minimum absolute atomic E-state index is 0.0266. The van der Waals surface area contributed by atoms with E-state index in [4.69, 9.17) is 9.47 Å². The van der Waals surface area contributed by atoms with Gasteiger partial charge in [-0.15, -0.1) is 0 Å². The van der Waals surface area contributed by atoms with Gasteiger partial charge in [-0.2, -0.15) is 0 Å². The highest BCUT2D eigenvalue weighted by molar-refractivity contribution is 6.89. The molecule has 1 amide bonds. The van der Waals surface area contributed by atoms with Crippen molar-refractivity contribution >= 4 is 25.1 Å². The average molecular weight is 380 g/mol. The Labute approximate surface area is 158 Å². The van der Waals surface area contributed by atoms with E-state index >= 15 is 0 Å². The topological polar surface area (TPSA) is 55.8 Å². The maximum Gasteiger partial charge on any atom is 0.310 e. The number of amides is 1. The van der Waals surface area contributed by atoms with E-state index in [9.17, 15) is 9.59 Å². The number of carbonyl (C=O) groups is 2. The molecule has 0 aliphatic rings. The molecule has 0 atom stereocenters. The second-order valence-corrected chi connectivity index (χ2v) is 13.1. The van der Waals surface area contributed by atoms with Crippen molar-refractivity contribution in [3.63, 3.8) is 0 Å². The summed E-state index contributed by atoms with van der Waals surface area (Å²) in [4.78, 5) is 27.2. The highest BCUT2D eigenvalue weighted by Gasteiger charge is 2.31. The monoisotopic (exact) mass is 379 g/mol. The smallest absolute Gasteiger partial charge is 0.310 e. The van der Waals surface area contributed by atoms with Crippen LogP contribution >= 0.6 is 0 Å². The Morgan fingerprint density at radius 2 is 1.62 bits per heavy atom. The SMILES string of the molecule is CCC(=O)Oc1c(C(=O)N(C(C)C)C(C)C)cc(OC)cc1[Si](C)(C)C. The highest BCUT2D eigenvalue weighted by atomic mass is 28.3. The van der Waals surface area contributed by atoms with Crippen LogP contribution in [-0.2, 0) is 4.79 Å². The standard InChI is InChI=1S/C20H33NO4Si/c1-10-18(22)25-19-16(20(23)21(13(2)3)14(4)5)11-15(24-6)12-17(19)26(7,8)9/h11-14H,10H2,1-9H3. The summed E-state index contributed by atoms with van der Waals surface area (Å²) < 4.78 is 11.1. The zero-order chi connectivity index (χ0) is 20.2. The summed E-state index contributed by atoms with van der Waals surface area (Å²) >= 11 is 0. The van der Waals surface area contributed by atoms with Crippen LogP contribution in [0.2, 0.25) is 19.6 Å². The third kappa shape index (κ3) is 5.10. The predicted molar refractivity (Wildman–Crippen MR) is 108 cm³/mol. The van der Waals surface area contributed by atoms with Gasteiger partial charge in [-0.3, -0.25) is 9.59 Å². The van der Waals surface area contributed by atoms with Gasteiger partial charge in [-0.1, -0.05) is 26.6 Å². The molecule has 26 heavy (non-hydrogen) atoms. The number of ether oxygens (including phenoxy) is 2. The Hall–Kier alpha value is -1.82. The van der Waals surface area contributed by atoms with Gasteiger partial charge in [0.15, 0.2) is 0 Å². The van der Waals surface area contributed by atoms with Crippen LogP contribution in [0.1, 0.15) is 51.4 Å². The van der Waals surface area contributed by atoms with Crippen LogP contribution in [0.25, 0.3) is 0 Å². The lowest BCUT2D eigenvalue weighted by Gasteiger charge is -2.32. The van der Waals surface area contributed by atoms with Gasteiger partial charge in [-0.05, 0) is 45.0 Å². The molecule has 146 valence electrons. The van der Waals surface area contributed by atoms with Gasteiger partial charge in [0.1, 0.15) is 11.5 Å². The van der Waals surface area contributed by atoms with Crippen LogP contribution in [0.15, 0.2) is 12.1 Å². The Morgan fingerprint density at radius 1 is 1.08 bits per heavy atom. The molecule has 0 saturated heterocycles. The van der Waals surface area contributed by atoms with Crippen molar-refractivity contribution in [3.8, 4) is 11.5 Å². The zero-order valence-electron chi connectivity index (χ0n) is 17.6. The molecule has 0 N–H and O–H groups in total. The van der Waals surface area contributed by atoms with Crippen molar-refractivity contribution in [3.05, 3.63) is 17.7 Å². The number of benzene rings is 1. The van der Waals surface area contributed by atoms with E-state index in [2.05, 4.69) is 19.6 Å². The summed E-state index contributed by atoms with van der Waals surface area (Å²) in [6.45, 7) is 16.1. The van der Waals surface area contributed by atoms with E-state index in [0.29, 0.717) is 17.1 Å². The largest absolute Gasteiger partial charge is 0.497 e. The highest BCUT2D eigenvalue weighted by Crippen LogP contribution is 2.28. The van der Waals surface area contributed by atoms with E-state index in [1.807, 2.05) is 33.8 Å². The Kier molecular flexibility index (Phi) is 7.44. The van der Waals surface area contributed by atoms with Crippen LogP contribution in [0.3, 0.4) is 0 Å². The molecule has 1 rings (SSSR count). The molecule has 1 aromatic rings. The maximum atomic E-state index is 13.4. The zero-order valence-corrected chi connectivity index (χ0v) is 18.6. The molecule has 0 fully saturated rings. The van der Waals surface area contributed by atoms with Gasteiger partial charge >= 0.3 is 5.97 Å². The summed E-state index contributed by atoms with van der Waals surface area (Å²) in [5.41, 5.74) is 0.394. The maximum absolute atomic E-state index is 13.4. The second kappa shape index (κ2) is 8.71. The first-order chi connectivity index (χ1) is 11.9. The molecule has 0 radical (unpaired) electrons. The molecule has 0 aliphatic carbocycles. The molecule has 0 unspecified atom stereocenters. The second-order valence-electron chi connectivity index (χ2n) is 8.03. The third-order valence-electron chi connectivity index (χ3n) is 4.19. The minimum atomic E-state index is -1.90. The van der Waals surface area contributed by atoms with Gasteiger partial charge in [0, 0.05) is 18.5 Å². The number of methoxy groups -OCH3 is 1. The Bertz CT molecular complexity index is 655. The average Bonchev–Trinajstić information content (AvgIpc) is 2.52. The molecule has 6 heteroatoms. The molecule has 0 aromatic heterocycles. The lowest BCUT2D eigenvalue weighted by Crippen LogP contribution is -2.44. The molecular formula is C20H33NO4Si. The summed E-state index contributed by atoms with van der Waals surface area (Å²) in [7, 11) is -0.318. The van der Waals surface area contributed by atoms with Crippen LogP contribution in [0.5, 0.6) is 11.5 Å². The first kappa shape index (κ1) is 22.2. The van der Waals surface area contributed by atoms with Crippen molar-refractivity contribution < 1.29 is 19.1 Å². The molecule has 0 spiro atoms. The summed E-state index contributed by atoms with van der Waals surface area (Å²) in [6.07, 6.45) is 0.253. The Morgan fingerprint density at radius 3 is 2.00 bits per heavy atom. The van der Waals surface area contributed by atoms with Gasteiger partial charge in [0.25, 0.3) is 5.91 Å². The van der Waals surface area contributed by atoms with Crippen molar-refractivity contribution in [2.45, 2.75) is 72.8 Å². The van der Waals surface area contributed by atoms with E-state index in [-0.39, 0.29) is 30.4 Å². The molecular weight excluding hydrogens is 346 g/mol. The molecule has 0 saturated carbocycles.